The van der Waals surface area contributed by atoms with Gasteiger partial charge in [-0.15, -0.1) is 0 Å². The van der Waals surface area contributed by atoms with E-state index in [1.54, 1.807) is 4.68 Å². The summed E-state index contributed by atoms with van der Waals surface area (Å²) in [6.07, 6.45) is 1.52. The number of halogens is 1. The zero-order valence-corrected chi connectivity index (χ0v) is 14.5. The second-order valence-corrected chi connectivity index (χ2v) is 5.38. The maximum atomic E-state index is 6.34. The Bertz CT molecular complexity index is 417. The molecule has 1 heterocycles. The minimum absolute atomic E-state index is 0.0604. The van der Waals surface area contributed by atoms with Crippen molar-refractivity contribution in [2.75, 3.05) is 19.8 Å². The standard InChI is InChI=1S/C15H28ClN3O2/c1-6-9-17-13(15(20-7-2)21-8-3)10-12-11(4)18-19(5)14(12)16/h13,15,17H,6-10H2,1-5H3. The summed E-state index contributed by atoms with van der Waals surface area (Å²) < 4.78 is 13.2. The summed E-state index contributed by atoms with van der Waals surface area (Å²) in [5.74, 6) is 0. The molecule has 122 valence electrons. The molecule has 0 aliphatic carbocycles. The SMILES string of the molecule is CCCNC(Cc1c(C)nn(C)c1Cl)C(OCC)OCC. The number of hydrogen-bond acceptors (Lipinski definition) is 4. The van der Waals surface area contributed by atoms with Gasteiger partial charge in [0.15, 0.2) is 6.29 Å². The van der Waals surface area contributed by atoms with Gasteiger partial charge in [0.05, 0.1) is 11.7 Å². The highest BCUT2D eigenvalue weighted by molar-refractivity contribution is 6.30. The van der Waals surface area contributed by atoms with E-state index >= 15 is 0 Å². The lowest BCUT2D eigenvalue weighted by Gasteiger charge is -2.27. The highest BCUT2D eigenvalue weighted by atomic mass is 35.5. The number of hydrogen-bond donors (Lipinski definition) is 1. The number of aromatic nitrogens is 2. The van der Waals surface area contributed by atoms with Gasteiger partial charge >= 0.3 is 0 Å². The molecule has 1 unspecified atom stereocenters. The van der Waals surface area contributed by atoms with Crippen LogP contribution in [-0.4, -0.2) is 41.9 Å². The fraction of sp³-hybridized carbons (Fsp3) is 0.800. The van der Waals surface area contributed by atoms with Crippen molar-refractivity contribution in [3.8, 4) is 0 Å². The third-order valence-electron chi connectivity index (χ3n) is 3.34. The molecule has 1 N–H and O–H groups in total. The Hall–Kier alpha value is -0.620. The van der Waals surface area contributed by atoms with Crippen molar-refractivity contribution in [3.63, 3.8) is 0 Å². The minimum Gasteiger partial charge on any atom is -0.351 e. The van der Waals surface area contributed by atoms with Crippen LogP contribution in [0.1, 0.15) is 38.4 Å². The number of nitrogens with zero attached hydrogens (tertiary/aromatic N) is 2. The molecule has 0 aromatic carbocycles. The molecular formula is C15H28ClN3O2. The molecule has 6 heteroatoms. The van der Waals surface area contributed by atoms with Gasteiger partial charge in [-0.1, -0.05) is 18.5 Å². The van der Waals surface area contributed by atoms with Gasteiger partial charge in [-0.3, -0.25) is 4.68 Å². The maximum Gasteiger partial charge on any atom is 0.172 e. The van der Waals surface area contributed by atoms with Crippen LogP contribution in [0.15, 0.2) is 0 Å². The topological polar surface area (TPSA) is 48.3 Å². The quantitative estimate of drug-likeness (QED) is 0.674. The highest BCUT2D eigenvalue weighted by Crippen LogP contribution is 2.22. The molecule has 0 aliphatic heterocycles. The van der Waals surface area contributed by atoms with E-state index in [1.165, 1.54) is 0 Å². The van der Waals surface area contributed by atoms with E-state index in [-0.39, 0.29) is 12.3 Å². The number of aryl methyl sites for hydroxylation is 2. The van der Waals surface area contributed by atoms with Crippen LogP contribution in [0.4, 0.5) is 0 Å². The number of ether oxygens (including phenoxy) is 2. The van der Waals surface area contributed by atoms with E-state index in [4.69, 9.17) is 21.1 Å². The van der Waals surface area contributed by atoms with E-state index in [1.807, 2.05) is 27.8 Å². The Balaban J connectivity index is 2.89. The second kappa shape index (κ2) is 9.41. The Morgan fingerprint density at radius 2 is 1.86 bits per heavy atom. The molecule has 0 spiro atoms. The first-order valence-corrected chi connectivity index (χ1v) is 8.07. The van der Waals surface area contributed by atoms with Crippen molar-refractivity contribution in [3.05, 3.63) is 16.4 Å². The predicted octanol–water partition coefficient (Wildman–Crippen LogP) is 2.69. The van der Waals surface area contributed by atoms with Crippen molar-refractivity contribution in [1.82, 2.24) is 15.1 Å². The second-order valence-electron chi connectivity index (χ2n) is 5.02. The summed E-state index contributed by atoms with van der Waals surface area (Å²) in [6, 6.07) is 0.0604. The molecule has 1 atom stereocenters. The van der Waals surface area contributed by atoms with Crippen molar-refractivity contribution in [1.29, 1.82) is 0 Å². The zero-order chi connectivity index (χ0) is 15.8. The molecule has 1 aromatic heterocycles. The van der Waals surface area contributed by atoms with Gasteiger partial charge in [-0.05, 0) is 40.2 Å². The fourth-order valence-corrected chi connectivity index (χ4v) is 2.58. The third kappa shape index (κ3) is 5.25. The molecule has 21 heavy (non-hydrogen) atoms. The van der Waals surface area contributed by atoms with Crippen LogP contribution < -0.4 is 5.32 Å². The summed E-state index contributed by atoms with van der Waals surface area (Å²) in [7, 11) is 1.86. The average molecular weight is 318 g/mol. The molecule has 0 saturated heterocycles. The van der Waals surface area contributed by atoms with Crippen LogP contribution in [-0.2, 0) is 22.9 Å². The van der Waals surface area contributed by atoms with Crippen LogP contribution >= 0.6 is 11.6 Å². The largest absolute Gasteiger partial charge is 0.351 e. The molecule has 0 aliphatic rings. The molecule has 0 saturated carbocycles. The highest BCUT2D eigenvalue weighted by Gasteiger charge is 2.25. The molecule has 0 radical (unpaired) electrons. The summed E-state index contributed by atoms with van der Waals surface area (Å²) in [5.41, 5.74) is 2.01. The lowest BCUT2D eigenvalue weighted by atomic mass is 10.1. The number of nitrogens with one attached hydrogen (secondary N) is 1. The lowest BCUT2D eigenvalue weighted by Crippen LogP contribution is -2.45. The van der Waals surface area contributed by atoms with Gasteiger partial charge in [-0.25, -0.2) is 0 Å². The van der Waals surface area contributed by atoms with Crippen LogP contribution in [0, 0.1) is 6.92 Å². The van der Waals surface area contributed by atoms with Crippen molar-refractivity contribution >= 4 is 11.6 Å². The summed E-state index contributed by atoms with van der Waals surface area (Å²) in [5, 5.41) is 8.56. The third-order valence-corrected chi connectivity index (χ3v) is 3.81. The normalized spacial score (nSPS) is 13.1. The molecule has 0 amide bonds. The van der Waals surface area contributed by atoms with Gasteiger partial charge in [-0.2, -0.15) is 5.10 Å². The Morgan fingerprint density at radius 1 is 1.24 bits per heavy atom. The fourth-order valence-electron chi connectivity index (χ4n) is 2.33. The first-order chi connectivity index (χ1) is 10.0. The van der Waals surface area contributed by atoms with Gasteiger partial charge in [0.1, 0.15) is 5.15 Å². The lowest BCUT2D eigenvalue weighted by molar-refractivity contribution is -0.153. The van der Waals surface area contributed by atoms with Crippen molar-refractivity contribution in [2.45, 2.75) is 52.9 Å². The molecular weight excluding hydrogens is 290 g/mol. The smallest absolute Gasteiger partial charge is 0.172 e. The average Bonchev–Trinajstić information content (AvgIpc) is 2.69. The Kier molecular flexibility index (Phi) is 8.26. The van der Waals surface area contributed by atoms with Gasteiger partial charge in [0, 0.05) is 25.8 Å². The van der Waals surface area contributed by atoms with Crippen LogP contribution in [0.3, 0.4) is 0 Å². The first kappa shape index (κ1) is 18.4. The predicted molar refractivity (Wildman–Crippen MR) is 85.8 cm³/mol. The van der Waals surface area contributed by atoms with Gasteiger partial charge in [0.25, 0.3) is 0 Å². The van der Waals surface area contributed by atoms with Crippen LogP contribution in [0.25, 0.3) is 0 Å². The Morgan fingerprint density at radius 3 is 2.29 bits per heavy atom. The Labute approximate surface area is 132 Å². The summed E-state index contributed by atoms with van der Waals surface area (Å²) in [6.45, 7) is 10.2. The molecule has 5 nitrogen and oxygen atoms in total. The summed E-state index contributed by atoms with van der Waals surface area (Å²) >= 11 is 6.34. The van der Waals surface area contributed by atoms with Gasteiger partial charge in [0.2, 0.25) is 0 Å². The molecule has 0 fully saturated rings. The van der Waals surface area contributed by atoms with E-state index in [2.05, 4.69) is 17.3 Å². The minimum atomic E-state index is -0.276. The van der Waals surface area contributed by atoms with E-state index in [9.17, 15) is 0 Å². The van der Waals surface area contributed by atoms with E-state index in [0.29, 0.717) is 18.4 Å². The maximum absolute atomic E-state index is 6.34. The van der Waals surface area contributed by atoms with E-state index in [0.717, 1.165) is 30.6 Å². The first-order valence-electron chi connectivity index (χ1n) is 7.69. The van der Waals surface area contributed by atoms with Crippen molar-refractivity contribution < 1.29 is 9.47 Å². The van der Waals surface area contributed by atoms with E-state index < -0.39 is 0 Å². The number of rotatable bonds is 10. The van der Waals surface area contributed by atoms with Crippen LogP contribution in [0.5, 0.6) is 0 Å². The molecule has 0 bridgehead atoms. The van der Waals surface area contributed by atoms with Crippen LogP contribution in [0.2, 0.25) is 5.15 Å². The van der Waals surface area contributed by atoms with Gasteiger partial charge < -0.3 is 14.8 Å². The zero-order valence-electron chi connectivity index (χ0n) is 13.8. The molecule has 1 rings (SSSR count). The van der Waals surface area contributed by atoms with Crippen molar-refractivity contribution in [2.24, 2.45) is 7.05 Å². The molecule has 1 aromatic rings. The summed E-state index contributed by atoms with van der Waals surface area (Å²) in [4.78, 5) is 0. The monoisotopic (exact) mass is 317 g/mol.